The SMILES string of the molecule is CC(C)[C@H]1C[C@H](Oc2cncc(Cl)n2)CCN1C(=O)OC(C)(C)C. The smallest absolute Gasteiger partial charge is 0.410 e. The summed E-state index contributed by atoms with van der Waals surface area (Å²) in [5.74, 6) is 0.718. The fraction of sp³-hybridized carbons (Fsp3) is 0.706. The van der Waals surface area contributed by atoms with Crippen molar-refractivity contribution < 1.29 is 14.3 Å². The maximum absolute atomic E-state index is 12.5. The van der Waals surface area contributed by atoms with Crippen LogP contribution >= 0.6 is 11.6 Å². The van der Waals surface area contributed by atoms with Crippen molar-refractivity contribution in [2.45, 2.75) is 65.2 Å². The predicted octanol–water partition coefficient (Wildman–Crippen LogP) is 3.93. The van der Waals surface area contributed by atoms with E-state index in [2.05, 4.69) is 23.8 Å². The average molecular weight is 356 g/mol. The normalized spacial score (nSPS) is 21.7. The molecule has 0 unspecified atom stereocenters. The summed E-state index contributed by atoms with van der Waals surface area (Å²) in [5.41, 5.74) is -0.498. The van der Waals surface area contributed by atoms with Crippen molar-refractivity contribution in [1.82, 2.24) is 14.9 Å². The summed E-state index contributed by atoms with van der Waals surface area (Å²) >= 11 is 5.84. The first-order chi connectivity index (χ1) is 11.2. The highest BCUT2D eigenvalue weighted by Crippen LogP contribution is 2.28. The van der Waals surface area contributed by atoms with E-state index in [1.807, 2.05) is 25.7 Å². The lowest BCUT2D eigenvalue weighted by atomic mass is 9.91. The van der Waals surface area contributed by atoms with Crippen LogP contribution in [0.4, 0.5) is 4.79 Å². The van der Waals surface area contributed by atoms with Gasteiger partial charge in [-0.2, -0.15) is 4.98 Å². The van der Waals surface area contributed by atoms with E-state index in [1.165, 1.54) is 6.20 Å². The molecule has 134 valence electrons. The summed E-state index contributed by atoms with van der Waals surface area (Å²) in [7, 11) is 0. The Morgan fingerprint density at radius 3 is 2.67 bits per heavy atom. The minimum Gasteiger partial charge on any atom is -0.473 e. The Labute approximate surface area is 148 Å². The van der Waals surface area contributed by atoms with Gasteiger partial charge in [0, 0.05) is 25.4 Å². The van der Waals surface area contributed by atoms with Gasteiger partial charge in [0.25, 0.3) is 0 Å². The Kier molecular flexibility index (Phi) is 5.91. The second kappa shape index (κ2) is 7.55. The molecule has 1 aromatic heterocycles. The second-order valence-corrected chi connectivity index (χ2v) is 7.82. The number of carbonyl (C=O) groups is 1. The highest BCUT2D eigenvalue weighted by atomic mass is 35.5. The molecule has 1 aliphatic rings. The fourth-order valence-electron chi connectivity index (χ4n) is 2.80. The van der Waals surface area contributed by atoms with Crippen LogP contribution in [0.25, 0.3) is 0 Å². The maximum atomic E-state index is 12.5. The van der Waals surface area contributed by atoms with E-state index >= 15 is 0 Å². The number of halogens is 1. The zero-order valence-electron chi connectivity index (χ0n) is 15.0. The molecule has 1 amide bonds. The van der Waals surface area contributed by atoms with Gasteiger partial charge in [0.2, 0.25) is 5.88 Å². The third kappa shape index (κ3) is 5.23. The Hall–Kier alpha value is -1.56. The standard InChI is InChI=1S/C17H26ClN3O3/c1-11(2)13-8-12(23-15-10-19-9-14(18)20-15)6-7-21(13)16(22)24-17(3,4)5/h9-13H,6-8H2,1-5H3/t12-,13-/m1/s1. The van der Waals surface area contributed by atoms with Gasteiger partial charge in [-0.1, -0.05) is 25.4 Å². The van der Waals surface area contributed by atoms with Gasteiger partial charge >= 0.3 is 6.09 Å². The van der Waals surface area contributed by atoms with Crippen LogP contribution in [0.2, 0.25) is 5.15 Å². The fourth-order valence-corrected chi connectivity index (χ4v) is 2.94. The molecule has 6 nitrogen and oxygen atoms in total. The zero-order chi connectivity index (χ0) is 17.9. The monoisotopic (exact) mass is 355 g/mol. The molecule has 0 bridgehead atoms. The van der Waals surface area contributed by atoms with Crippen LogP contribution in [0.3, 0.4) is 0 Å². The summed E-state index contributed by atoms with van der Waals surface area (Å²) in [4.78, 5) is 22.4. The molecule has 2 rings (SSSR count). The van der Waals surface area contributed by atoms with Gasteiger partial charge in [0.1, 0.15) is 11.7 Å². The largest absolute Gasteiger partial charge is 0.473 e. The third-order valence-electron chi connectivity index (χ3n) is 3.86. The van der Waals surface area contributed by atoms with Crippen molar-refractivity contribution in [3.63, 3.8) is 0 Å². The molecule has 0 aromatic carbocycles. The number of carbonyl (C=O) groups excluding carboxylic acids is 1. The highest BCUT2D eigenvalue weighted by molar-refractivity contribution is 6.29. The predicted molar refractivity (Wildman–Crippen MR) is 92.3 cm³/mol. The van der Waals surface area contributed by atoms with E-state index in [1.54, 1.807) is 6.20 Å². The molecule has 0 spiro atoms. The molecule has 7 heteroatoms. The molecule has 1 saturated heterocycles. The molecular formula is C17H26ClN3O3. The highest BCUT2D eigenvalue weighted by Gasteiger charge is 2.36. The van der Waals surface area contributed by atoms with Gasteiger partial charge in [-0.05, 0) is 26.7 Å². The number of nitrogens with zero attached hydrogens (tertiary/aromatic N) is 3. The number of ether oxygens (including phenoxy) is 2. The maximum Gasteiger partial charge on any atom is 0.410 e. The van der Waals surface area contributed by atoms with Gasteiger partial charge < -0.3 is 14.4 Å². The number of rotatable bonds is 3. The van der Waals surface area contributed by atoms with Crippen molar-refractivity contribution in [3.05, 3.63) is 17.5 Å². The molecule has 2 atom stereocenters. The van der Waals surface area contributed by atoms with Crippen molar-refractivity contribution in [2.75, 3.05) is 6.54 Å². The van der Waals surface area contributed by atoms with Crippen LogP contribution in [0.1, 0.15) is 47.5 Å². The first kappa shape index (κ1) is 18.8. The molecule has 0 saturated carbocycles. The lowest BCUT2D eigenvalue weighted by Crippen LogP contribution is -2.52. The summed E-state index contributed by atoms with van der Waals surface area (Å²) in [6.45, 7) is 10.4. The van der Waals surface area contributed by atoms with E-state index in [9.17, 15) is 4.79 Å². The lowest BCUT2D eigenvalue weighted by Gasteiger charge is -2.41. The minimum absolute atomic E-state index is 0.0242. The van der Waals surface area contributed by atoms with Gasteiger partial charge in [-0.15, -0.1) is 0 Å². The molecule has 1 fully saturated rings. The molecule has 24 heavy (non-hydrogen) atoms. The molecule has 0 N–H and O–H groups in total. The molecule has 0 radical (unpaired) electrons. The van der Waals surface area contributed by atoms with Crippen LogP contribution in [0.5, 0.6) is 5.88 Å². The Balaban J connectivity index is 2.03. The Bertz CT molecular complexity index is 574. The topological polar surface area (TPSA) is 64.6 Å². The first-order valence-corrected chi connectivity index (χ1v) is 8.67. The van der Waals surface area contributed by atoms with Crippen LogP contribution in [0, 0.1) is 5.92 Å². The van der Waals surface area contributed by atoms with E-state index in [-0.39, 0.29) is 18.2 Å². The third-order valence-corrected chi connectivity index (χ3v) is 4.05. The van der Waals surface area contributed by atoms with E-state index in [0.717, 1.165) is 12.8 Å². The van der Waals surface area contributed by atoms with Crippen molar-refractivity contribution in [1.29, 1.82) is 0 Å². The average Bonchev–Trinajstić information content (AvgIpc) is 2.45. The van der Waals surface area contributed by atoms with E-state index < -0.39 is 5.60 Å². The van der Waals surface area contributed by atoms with E-state index in [4.69, 9.17) is 21.1 Å². The molecule has 1 aromatic rings. The number of aromatic nitrogens is 2. The summed E-state index contributed by atoms with van der Waals surface area (Å²) in [5, 5.41) is 0.305. The van der Waals surface area contributed by atoms with Crippen LogP contribution in [-0.4, -0.2) is 45.3 Å². The van der Waals surface area contributed by atoms with Crippen LogP contribution in [-0.2, 0) is 4.74 Å². The number of piperidine rings is 1. The van der Waals surface area contributed by atoms with Gasteiger partial charge in [-0.3, -0.25) is 4.98 Å². The molecule has 2 heterocycles. The number of amides is 1. The quantitative estimate of drug-likeness (QED) is 0.821. The Morgan fingerprint density at radius 1 is 1.38 bits per heavy atom. The van der Waals surface area contributed by atoms with Crippen LogP contribution in [0.15, 0.2) is 12.4 Å². The van der Waals surface area contributed by atoms with E-state index in [0.29, 0.717) is 23.5 Å². The summed E-state index contributed by atoms with van der Waals surface area (Å²) in [6.07, 6.45) is 4.18. The second-order valence-electron chi connectivity index (χ2n) is 7.43. The van der Waals surface area contributed by atoms with Gasteiger partial charge in [0.05, 0.1) is 12.4 Å². The zero-order valence-corrected chi connectivity index (χ0v) is 15.7. The van der Waals surface area contributed by atoms with Gasteiger partial charge in [0.15, 0.2) is 5.15 Å². The molecule has 1 aliphatic heterocycles. The lowest BCUT2D eigenvalue weighted by molar-refractivity contribution is -0.0129. The first-order valence-electron chi connectivity index (χ1n) is 8.29. The van der Waals surface area contributed by atoms with Crippen LogP contribution < -0.4 is 4.74 Å². The van der Waals surface area contributed by atoms with Crippen molar-refractivity contribution in [3.8, 4) is 5.88 Å². The molecule has 0 aliphatic carbocycles. The minimum atomic E-state index is -0.498. The number of likely N-dealkylation sites (tertiary alicyclic amines) is 1. The summed E-state index contributed by atoms with van der Waals surface area (Å²) in [6, 6.07) is 0.0609. The summed E-state index contributed by atoms with van der Waals surface area (Å²) < 4.78 is 11.4. The van der Waals surface area contributed by atoms with Gasteiger partial charge in [-0.25, -0.2) is 4.79 Å². The van der Waals surface area contributed by atoms with Crippen molar-refractivity contribution in [2.24, 2.45) is 5.92 Å². The molecular weight excluding hydrogens is 330 g/mol. The number of hydrogen-bond acceptors (Lipinski definition) is 5. The van der Waals surface area contributed by atoms with Crippen molar-refractivity contribution >= 4 is 17.7 Å². The Morgan fingerprint density at radius 2 is 2.08 bits per heavy atom. The number of hydrogen-bond donors (Lipinski definition) is 0.